The fraction of sp³-hybridized carbons (Fsp3) is 0.222. The molecule has 2 heterocycles. The van der Waals surface area contributed by atoms with Crippen LogP contribution in [0, 0.1) is 32.4 Å². The normalized spacial score (nSPS) is 10.8. The summed E-state index contributed by atoms with van der Waals surface area (Å²) in [6, 6.07) is 4.98. The number of hydrogen-bond donors (Lipinski definition) is 1. The molecule has 0 bridgehead atoms. The maximum atomic E-state index is 13.7. The van der Waals surface area contributed by atoms with E-state index in [0.717, 1.165) is 17.7 Å². The van der Waals surface area contributed by atoms with Crippen LogP contribution in [0.3, 0.4) is 0 Å². The molecule has 0 fully saturated rings. The van der Waals surface area contributed by atoms with Crippen LogP contribution in [0.5, 0.6) is 5.75 Å². The van der Waals surface area contributed by atoms with Crippen LogP contribution in [-0.2, 0) is 6.73 Å². The molecule has 5 nitrogen and oxygen atoms in total. The van der Waals surface area contributed by atoms with Crippen molar-refractivity contribution in [3.8, 4) is 5.75 Å². The van der Waals surface area contributed by atoms with Crippen LogP contribution in [0.25, 0.3) is 0 Å². The van der Waals surface area contributed by atoms with Crippen LogP contribution in [0.2, 0.25) is 0 Å². The minimum absolute atomic E-state index is 0.0663. The highest BCUT2D eigenvalue weighted by atomic mass is 32.1. The van der Waals surface area contributed by atoms with Crippen molar-refractivity contribution in [2.45, 2.75) is 27.5 Å². The molecule has 0 aliphatic rings. The van der Waals surface area contributed by atoms with Gasteiger partial charge in [0, 0.05) is 6.07 Å². The molecule has 0 aliphatic heterocycles. The van der Waals surface area contributed by atoms with Gasteiger partial charge in [0.25, 0.3) is 5.91 Å². The van der Waals surface area contributed by atoms with Crippen LogP contribution in [0.4, 0.5) is 14.5 Å². The van der Waals surface area contributed by atoms with Crippen molar-refractivity contribution in [3.05, 3.63) is 63.1 Å². The topological polar surface area (TPSA) is 56.2 Å². The average Bonchev–Trinajstić information content (AvgIpc) is 3.12. The Bertz CT molecular complexity index is 965. The first-order valence-electron chi connectivity index (χ1n) is 7.84. The van der Waals surface area contributed by atoms with Gasteiger partial charge in [0.15, 0.2) is 18.3 Å². The van der Waals surface area contributed by atoms with Crippen molar-refractivity contribution in [3.63, 3.8) is 0 Å². The molecule has 0 saturated carbocycles. The predicted octanol–water partition coefficient (Wildman–Crippen LogP) is 4.44. The minimum Gasteiger partial charge on any atom is -0.468 e. The maximum absolute atomic E-state index is 13.7. The molecule has 2 aromatic heterocycles. The van der Waals surface area contributed by atoms with Gasteiger partial charge in [-0.15, -0.1) is 11.3 Å². The molecule has 3 rings (SSSR count). The Labute approximate surface area is 153 Å². The summed E-state index contributed by atoms with van der Waals surface area (Å²) in [5.41, 5.74) is 2.79. The summed E-state index contributed by atoms with van der Waals surface area (Å²) >= 11 is 1.37. The SMILES string of the molecule is Cc1ccsc1C(=O)Nc1c(C)nn(COc2ccc(F)cc2F)c1C. The fourth-order valence-electron chi connectivity index (χ4n) is 2.50. The van der Waals surface area contributed by atoms with Gasteiger partial charge in [-0.2, -0.15) is 5.10 Å². The highest BCUT2D eigenvalue weighted by Gasteiger charge is 2.17. The molecule has 0 saturated heterocycles. The van der Waals surface area contributed by atoms with E-state index >= 15 is 0 Å². The number of aromatic nitrogens is 2. The molecule has 8 heteroatoms. The molecule has 136 valence electrons. The third kappa shape index (κ3) is 3.60. The first-order valence-corrected chi connectivity index (χ1v) is 8.72. The number of nitrogens with zero attached hydrogens (tertiary/aromatic N) is 2. The number of hydrogen-bond acceptors (Lipinski definition) is 4. The molecule has 1 amide bonds. The third-order valence-corrected chi connectivity index (χ3v) is 4.94. The highest BCUT2D eigenvalue weighted by Crippen LogP contribution is 2.24. The first kappa shape index (κ1) is 18.1. The van der Waals surface area contributed by atoms with Crippen molar-refractivity contribution in [2.75, 3.05) is 5.32 Å². The summed E-state index contributed by atoms with van der Waals surface area (Å²) in [5.74, 6) is -1.73. The fourth-order valence-corrected chi connectivity index (χ4v) is 3.32. The van der Waals surface area contributed by atoms with Crippen LogP contribution in [0.15, 0.2) is 29.6 Å². The lowest BCUT2D eigenvalue weighted by molar-refractivity contribution is 0.103. The van der Waals surface area contributed by atoms with Gasteiger partial charge in [-0.1, -0.05) is 0 Å². The molecular formula is C18H17F2N3O2S. The van der Waals surface area contributed by atoms with Gasteiger partial charge >= 0.3 is 0 Å². The van der Waals surface area contributed by atoms with Crippen molar-refractivity contribution in [2.24, 2.45) is 0 Å². The number of anilines is 1. The van der Waals surface area contributed by atoms with Crippen molar-refractivity contribution < 1.29 is 18.3 Å². The zero-order valence-electron chi connectivity index (χ0n) is 14.5. The number of halogens is 2. The van der Waals surface area contributed by atoms with Gasteiger partial charge in [-0.05, 0) is 49.9 Å². The van der Waals surface area contributed by atoms with Crippen LogP contribution >= 0.6 is 11.3 Å². The van der Waals surface area contributed by atoms with E-state index in [1.807, 2.05) is 18.4 Å². The molecule has 1 aromatic carbocycles. The number of carbonyl (C=O) groups excluding carboxylic acids is 1. The second kappa shape index (κ2) is 7.25. The molecular weight excluding hydrogens is 360 g/mol. The van der Waals surface area contributed by atoms with E-state index in [1.54, 1.807) is 13.8 Å². The van der Waals surface area contributed by atoms with Crippen LogP contribution in [0.1, 0.15) is 26.6 Å². The Morgan fingerprint density at radius 1 is 1.27 bits per heavy atom. The molecule has 1 N–H and O–H groups in total. The van der Waals surface area contributed by atoms with Gasteiger partial charge in [-0.25, -0.2) is 13.5 Å². The second-order valence-corrected chi connectivity index (χ2v) is 6.70. The van der Waals surface area contributed by atoms with Gasteiger partial charge in [0.05, 0.1) is 22.0 Å². The molecule has 0 radical (unpaired) electrons. The third-order valence-electron chi connectivity index (χ3n) is 3.92. The number of thiophene rings is 1. The number of nitrogens with one attached hydrogen (secondary N) is 1. The van der Waals surface area contributed by atoms with Gasteiger partial charge in [-0.3, -0.25) is 4.79 Å². The van der Waals surface area contributed by atoms with E-state index in [2.05, 4.69) is 10.4 Å². The summed E-state index contributed by atoms with van der Waals surface area (Å²) < 4.78 is 33.5. The summed E-state index contributed by atoms with van der Waals surface area (Å²) in [4.78, 5) is 13.1. The zero-order chi connectivity index (χ0) is 18.8. The van der Waals surface area contributed by atoms with Gasteiger partial charge in [0.1, 0.15) is 5.82 Å². The quantitative estimate of drug-likeness (QED) is 0.715. The minimum atomic E-state index is -0.784. The van der Waals surface area contributed by atoms with Crippen molar-refractivity contribution >= 4 is 22.9 Å². The summed E-state index contributed by atoms with van der Waals surface area (Å²) in [6.45, 7) is 5.35. The smallest absolute Gasteiger partial charge is 0.266 e. The molecule has 0 aliphatic carbocycles. The van der Waals surface area contributed by atoms with E-state index in [1.165, 1.54) is 22.1 Å². The number of benzene rings is 1. The van der Waals surface area contributed by atoms with E-state index < -0.39 is 11.6 Å². The summed E-state index contributed by atoms with van der Waals surface area (Å²) in [6.07, 6.45) is 0. The lowest BCUT2D eigenvalue weighted by atomic mass is 10.2. The average molecular weight is 377 g/mol. The first-order chi connectivity index (χ1) is 12.4. The lowest BCUT2D eigenvalue weighted by Gasteiger charge is -2.09. The predicted molar refractivity (Wildman–Crippen MR) is 95.7 cm³/mol. The number of rotatable bonds is 5. The number of carbonyl (C=O) groups is 1. The lowest BCUT2D eigenvalue weighted by Crippen LogP contribution is -2.13. The Hall–Kier alpha value is -2.74. The molecule has 0 spiro atoms. The zero-order valence-corrected chi connectivity index (χ0v) is 15.3. The molecule has 0 unspecified atom stereocenters. The van der Waals surface area contributed by atoms with Crippen LogP contribution in [-0.4, -0.2) is 15.7 Å². The van der Waals surface area contributed by atoms with Crippen molar-refractivity contribution in [1.82, 2.24) is 9.78 Å². The Balaban J connectivity index is 1.75. The monoisotopic (exact) mass is 377 g/mol. The van der Waals surface area contributed by atoms with E-state index in [-0.39, 0.29) is 18.4 Å². The molecule has 3 aromatic rings. The van der Waals surface area contributed by atoms with E-state index in [9.17, 15) is 13.6 Å². The summed E-state index contributed by atoms with van der Waals surface area (Å²) in [7, 11) is 0. The van der Waals surface area contributed by atoms with Crippen LogP contribution < -0.4 is 10.1 Å². The number of amides is 1. The Morgan fingerprint density at radius 3 is 2.69 bits per heavy atom. The largest absolute Gasteiger partial charge is 0.468 e. The molecule has 26 heavy (non-hydrogen) atoms. The van der Waals surface area contributed by atoms with E-state index in [4.69, 9.17) is 4.74 Å². The standard InChI is InChI=1S/C18H17F2N3O2S/c1-10-6-7-26-17(10)18(24)21-16-11(2)22-23(12(16)3)9-25-15-5-4-13(19)8-14(15)20/h4-8H,9H2,1-3H3,(H,21,24). The Morgan fingerprint density at radius 2 is 2.04 bits per heavy atom. The van der Waals surface area contributed by atoms with E-state index in [0.29, 0.717) is 22.0 Å². The number of ether oxygens (including phenoxy) is 1. The summed E-state index contributed by atoms with van der Waals surface area (Å²) in [5, 5.41) is 9.04. The van der Waals surface area contributed by atoms with Gasteiger partial charge in [0.2, 0.25) is 0 Å². The van der Waals surface area contributed by atoms with Crippen molar-refractivity contribution in [1.29, 1.82) is 0 Å². The second-order valence-electron chi connectivity index (χ2n) is 5.78. The highest BCUT2D eigenvalue weighted by molar-refractivity contribution is 7.12. The Kier molecular flexibility index (Phi) is 5.03. The molecule has 0 atom stereocenters. The van der Waals surface area contributed by atoms with Gasteiger partial charge < -0.3 is 10.1 Å². The maximum Gasteiger partial charge on any atom is 0.266 e. The number of aryl methyl sites for hydroxylation is 2.